The van der Waals surface area contributed by atoms with Gasteiger partial charge in [-0.05, 0) is 17.7 Å². The van der Waals surface area contributed by atoms with Gasteiger partial charge in [-0.2, -0.15) is 0 Å². The summed E-state index contributed by atoms with van der Waals surface area (Å²) in [7, 11) is 1.13. The van der Waals surface area contributed by atoms with Crippen molar-refractivity contribution in [1.29, 1.82) is 0 Å². The first-order valence-electron chi connectivity index (χ1n) is 6.18. The number of halogens is 1. The summed E-state index contributed by atoms with van der Waals surface area (Å²) in [4.78, 5) is 45.8. The van der Waals surface area contributed by atoms with Crippen molar-refractivity contribution in [2.75, 3.05) is 13.7 Å². The summed E-state index contributed by atoms with van der Waals surface area (Å²) in [5.41, 5.74) is -0.149. The lowest BCUT2D eigenvalue weighted by atomic mass is 10.1. The second-order valence-electron chi connectivity index (χ2n) is 4.42. The summed E-state index contributed by atoms with van der Waals surface area (Å²) in [5.74, 6) is -1.49. The van der Waals surface area contributed by atoms with Gasteiger partial charge in [0, 0.05) is 6.07 Å². The van der Waals surface area contributed by atoms with Crippen LogP contribution in [0.4, 0.5) is 10.5 Å². The van der Waals surface area contributed by atoms with Crippen LogP contribution in [-0.2, 0) is 14.3 Å². The molecule has 0 aromatic heterocycles. The zero-order valence-corrected chi connectivity index (χ0v) is 12.5. The SMILES string of the molecule is COC(=O)CN1C(=O)N/C(=C/c2ccc(Cl)c([N+](=O)[O-])c2)C1=O. The highest BCUT2D eigenvalue weighted by atomic mass is 35.5. The van der Waals surface area contributed by atoms with Crippen LogP contribution in [0.1, 0.15) is 5.56 Å². The summed E-state index contributed by atoms with van der Waals surface area (Å²) >= 11 is 5.70. The van der Waals surface area contributed by atoms with Gasteiger partial charge in [0.1, 0.15) is 17.3 Å². The van der Waals surface area contributed by atoms with E-state index in [0.29, 0.717) is 10.5 Å². The van der Waals surface area contributed by atoms with Gasteiger partial charge in [0.2, 0.25) is 0 Å². The van der Waals surface area contributed by atoms with Crippen molar-refractivity contribution in [3.63, 3.8) is 0 Å². The Balaban J connectivity index is 2.29. The lowest BCUT2D eigenvalue weighted by Gasteiger charge is -2.08. The highest BCUT2D eigenvalue weighted by molar-refractivity contribution is 6.32. The molecule has 1 aliphatic rings. The molecule has 2 rings (SSSR count). The van der Waals surface area contributed by atoms with E-state index in [1.165, 1.54) is 18.2 Å². The van der Waals surface area contributed by atoms with E-state index in [9.17, 15) is 24.5 Å². The number of rotatable bonds is 4. The molecule has 1 heterocycles. The highest BCUT2D eigenvalue weighted by Gasteiger charge is 2.35. The van der Waals surface area contributed by atoms with Crippen molar-refractivity contribution in [3.8, 4) is 0 Å². The zero-order valence-electron chi connectivity index (χ0n) is 11.7. The number of nitrogens with zero attached hydrogens (tertiary/aromatic N) is 2. The normalized spacial score (nSPS) is 15.7. The second kappa shape index (κ2) is 6.44. The summed E-state index contributed by atoms with van der Waals surface area (Å²) in [6.07, 6.45) is 1.25. The van der Waals surface area contributed by atoms with E-state index >= 15 is 0 Å². The molecule has 9 nitrogen and oxygen atoms in total. The number of imide groups is 1. The number of methoxy groups -OCH3 is 1. The van der Waals surface area contributed by atoms with Crippen LogP contribution in [0.2, 0.25) is 5.02 Å². The Morgan fingerprint density at radius 1 is 1.48 bits per heavy atom. The number of hydrogen-bond acceptors (Lipinski definition) is 6. The molecular formula is C13H10ClN3O6. The Hall–Kier alpha value is -2.94. The van der Waals surface area contributed by atoms with Crippen LogP contribution >= 0.6 is 11.6 Å². The van der Waals surface area contributed by atoms with E-state index in [-0.39, 0.29) is 16.4 Å². The van der Waals surface area contributed by atoms with Crippen LogP contribution in [0.25, 0.3) is 6.08 Å². The minimum atomic E-state index is -0.782. The van der Waals surface area contributed by atoms with Crippen LogP contribution in [0, 0.1) is 10.1 Å². The molecule has 0 radical (unpaired) electrons. The number of nitro groups is 1. The largest absolute Gasteiger partial charge is 0.468 e. The maximum Gasteiger partial charge on any atom is 0.329 e. The van der Waals surface area contributed by atoms with E-state index in [1.807, 2.05) is 0 Å². The first-order valence-corrected chi connectivity index (χ1v) is 6.56. The Bertz CT molecular complexity index is 745. The molecule has 1 fully saturated rings. The lowest BCUT2D eigenvalue weighted by Crippen LogP contribution is -2.36. The third-order valence-corrected chi connectivity index (χ3v) is 3.27. The van der Waals surface area contributed by atoms with Crippen LogP contribution in [0.5, 0.6) is 0 Å². The van der Waals surface area contributed by atoms with E-state index in [2.05, 4.69) is 10.1 Å². The van der Waals surface area contributed by atoms with Gasteiger partial charge in [0.05, 0.1) is 12.0 Å². The van der Waals surface area contributed by atoms with Crippen LogP contribution in [0.15, 0.2) is 23.9 Å². The van der Waals surface area contributed by atoms with Crippen molar-refractivity contribution >= 4 is 41.3 Å². The smallest absolute Gasteiger partial charge is 0.329 e. The highest BCUT2D eigenvalue weighted by Crippen LogP contribution is 2.26. The molecule has 0 saturated carbocycles. The standard InChI is InChI=1S/C13H10ClN3O6/c1-23-11(18)6-16-12(19)9(15-13(16)20)4-7-2-3-8(14)10(5-7)17(21)22/h2-5H,6H2,1H3,(H,15,20)/b9-4+. The molecule has 0 unspecified atom stereocenters. The van der Waals surface area contributed by atoms with E-state index in [1.54, 1.807) is 0 Å². The van der Waals surface area contributed by atoms with Gasteiger partial charge in [-0.25, -0.2) is 9.69 Å². The average Bonchev–Trinajstić information content (AvgIpc) is 2.76. The van der Waals surface area contributed by atoms with Crippen molar-refractivity contribution < 1.29 is 24.0 Å². The number of nitro benzene ring substituents is 1. The molecule has 0 aliphatic carbocycles. The number of urea groups is 1. The molecule has 1 saturated heterocycles. The number of esters is 1. The van der Waals surface area contributed by atoms with Gasteiger partial charge < -0.3 is 10.1 Å². The number of carbonyl (C=O) groups is 3. The van der Waals surface area contributed by atoms with Gasteiger partial charge in [0.15, 0.2) is 0 Å². The fourth-order valence-corrected chi connectivity index (χ4v) is 2.02. The summed E-state index contributed by atoms with van der Waals surface area (Å²) in [5, 5.41) is 13.1. The van der Waals surface area contributed by atoms with Gasteiger partial charge in [-0.1, -0.05) is 17.7 Å². The van der Waals surface area contributed by atoms with Crippen LogP contribution in [-0.4, -0.2) is 41.4 Å². The van der Waals surface area contributed by atoms with Crippen LogP contribution < -0.4 is 5.32 Å². The molecule has 120 valence electrons. The predicted molar refractivity (Wildman–Crippen MR) is 78.3 cm³/mol. The van der Waals surface area contributed by atoms with Gasteiger partial charge in [-0.15, -0.1) is 0 Å². The van der Waals surface area contributed by atoms with Gasteiger partial charge >= 0.3 is 12.0 Å². The molecule has 0 bridgehead atoms. The van der Waals surface area contributed by atoms with E-state index in [4.69, 9.17) is 11.6 Å². The van der Waals surface area contributed by atoms with Crippen molar-refractivity contribution in [2.45, 2.75) is 0 Å². The molecule has 0 atom stereocenters. The monoisotopic (exact) mass is 339 g/mol. The Morgan fingerprint density at radius 2 is 2.17 bits per heavy atom. The fraction of sp³-hybridized carbons (Fsp3) is 0.154. The first-order chi connectivity index (χ1) is 10.8. The number of ether oxygens (including phenoxy) is 1. The van der Waals surface area contributed by atoms with Crippen LogP contribution in [0.3, 0.4) is 0 Å². The fourth-order valence-electron chi connectivity index (χ4n) is 1.83. The van der Waals surface area contributed by atoms with Crippen molar-refractivity contribution in [1.82, 2.24) is 10.2 Å². The summed E-state index contributed by atoms with van der Waals surface area (Å²) in [6.45, 7) is -0.528. The van der Waals surface area contributed by atoms with Crippen molar-refractivity contribution in [3.05, 3.63) is 44.6 Å². The molecule has 23 heavy (non-hydrogen) atoms. The molecule has 10 heteroatoms. The second-order valence-corrected chi connectivity index (χ2v) is 4.83. The average molecular weight is 340 g/mol. The number of nitrogens with one attached hydrogen (secondary N) is 1. The van der Waals surface area contributed by atoms with Crippen molar-refractivity contribution in [2.24, 2.45) is 0 Å². The molecule has 1 N–H and O–H groups in total. The maximum atomic E-state index is 12.1. The predicted octanol–water partition coefficient (Wildman–Crippen LogP) is 1.31. The van der Waals surface area contributed by atoms with Gasteiger partial charge in [-0.3, -0.25) is 19.7 Å². The Kier molecular flexibility index (Phi) is 4.60. The molecule has 1 aromatic rings. The minimum Gasteiger partial charge on any atom is -0.468 e. The topological polar surface area (TPSA) is 119 Å². The number of hydrogen-bond donors (Lipinski definition) is 1. The number of amides is 3. The van der Waals surface area contributed by atoms with E-state index in [0.717, 1.165) is 13.2 Å². The quantitative estimate of drug-likeness (QED) is 0.290. The minimum absolute atomic E-state index is 0.0498. The molecule has 0 spiro atoms. The summed E-state index contributed by atoms with van der Waals surface area (Å²) in [6, 6.07) is 3.14. The Labute approximate surface area is 134 Å². The third-order valence-electron chi connectivity index (χ3n) is 2.96. The number of carbonyl (C=O) groups excluding carboxylic acids is 3. The Morgan fingerprint density at radius 3 is 2.78 bits per heavy atom. The summed E-state index contributed by atoms with van der Waals surface area (Å²) < 4.78 is 4.40. The molecular weight excluding hydrogens is 330 g/mol. The number of benzene rings is 1. The lowest BCUT2D eigenvalue weighted by molar-refractivity contribution is -0.384. The maximum absolute atomic E-state index is 12.1. The molecule has 3 amide bonds. The third kappa shape index (κ3) is 3.46. The first kappa shape index (κ1) is 16.4. The zero-order chi connectivity index (χ0) is 17.1. The molecule has 1 aliphatic heterocycles. The van der Waals surface area contributed by atoms with Gasteiger partial charge in [0.25, 0.3) is 11.6 Å². The molecule has 1 aromatic carbocycles. The van der Waals surface area contributed by atoms with E-state index < -0.39 is 29.4 Å².